The number of nitrogens with two attached hydrogens (primary N) is 1. The van der Waals surface area contributed by atoms with Crippen LogP contribution in [0.4, 0.5) is 5.95 Å². The van der Waals surface area contributed by atoms with Gasteiger partial charge < -0.3 is 5.73 Å². The molecule has 9 heteroatoms. The van der Waals surface area contributed by atoms with Gasteiger partial charge in [0.05, 0.1) is 0 Å². The lowest BCUT2D eigenvalue weighted by atomic mass is 10.5. The zero-order chi connectivity index (χ0) is 10.5. The number of anilines is 1. The van der Waals surface area contributed by atoms with Crippen molar-refractivity contribution >= 4 is 52.3 Å². The van der Waals surface area contributed by atoms with Gasteiger partial charge in [-0.3, -0.25) is 4.79 Å². The molecule has 0 unspecified atom stereocenters. The number of nitrogens with zero attached hydrogens (tertiary/aromatic N) is 4. The molecule has 14 heavy (non-hydrogen) atoms. The number of hydrogen-bond acceptors (Lipinski definition) is 4. The van der Waals surface area contributed by atoms with Crippen molar-refractivity contribution in [3.63, 3.8) is 0 Å². The van der Waals surface area contributed by atoms with Crippen LogP contribution in [0.3, 0.4) is 0 Å². The maximum absolute atomic E-state index is 11.5. The predicted octanol–water partition coefficient (Wildman–Crippen LogP) is 0.832. The molecule has 0 aromatic carbocycles. The second-order valence-electron chi connectivity index (χ2n) is 2.39. The average Bonchev–Trinajstić information content (AvgIpc) is 2.39. The molecule has 2 aromatic heterocycles. The Bertz CT molecular complexity index is 573. The summed E-state index contributed by atoms with van der Waals surface area (Å²) in [5.41, 5.74) is 4.76. The third-order valence-electron chi connectivity index (χ3n) is 1.57. The van der Waals surface area contributed by atoms with Crippen molar-refractivity contribution < 1.29 is 0 Å². The Morgan fingerprint density at radius 2 is 1.86 bits per heavy atom. The summed E-state index contributed by atoms with van der Waals surface area (Å²) in [5.74, 6) is -0.171. The normalized spacial score (nSPS) is 11.1. The van der Waals surface area contributed by atoms with Gasteiger partial charge in [0.1, 0.15) is 0 Å². The third kappa shape index (κ3) is 1.15. The number of rotatable bonds is 0. The van der Waals surface area contributed by atoms with Crippen molar-refractivity contribution in [1.82, 2.24) is 18.1 Å². The van der Waals surface area contributed by atoms with Crippen molar-refractivity contribution in [2.45, 2.75) is 0 Å². The predicted molar refractivity (Wildman–Crippen MR) is 53.7 cm³/mol. The lowest BCUT2D eigenvalue weighted by Gasteiger charge is -1.97. The summed E-state index contributed by atoms with van der Waals surface area (Å²) in [6.07, 6.45) is 0. The zero-order valence-corrected chi connectivity index (χ0v) is 8.68. The fraction of sp³-hybridized carbons (Fsp3) is 0. The van der Waals surface area contributed by atoms with E-state index in [1.54, 1.807) is 0 Å². The van der Waals surface area contributed by atoms with Gasteiger partial charge in [-0.2, -0.15) is 14.1 Å². The highest BCUT2D eigenvalue weighted by atomic mass is 35.5. The van der Waals surface area contributed by atoms with Crippen LogP contribution < -0.4 is 11.3 Å². The van der Waals surface area contributed by atoms with Gasteiger partial charge in [-0.25, -0.2) is 4.09 Å². The maximum atomic E-state index is 11.5. The Morgan fingerprint density at radius 3 is 2.50 bits per heavy atom. The standard InChI is InChI=1S/C5H2Cl3N5O/c6-4-10-2-1(12(4)7)3(14)13(8)5(9)11-2/h(H2,9,11). The van der Waals surface area contributed by atoms with Crippen molar-refractivity contribution in [2.75, 3.05) is 5.73 Å². The van der Waals surface area contributed by atoms with Crippen molar-refractivity contribution in [3.8, 4) is 0 Å². The number of fused-ring (bicyclic) bond motifs is 1. The highest BCUT2D eigenvalue weighted by molar-refractivity contribution is 6.33. The van der Waals surface area contributed by atoms with E-state index >= 15 is 0 Å². The largest absolute Gasteiger partial charge is 0.368 e. The summed E-state index contributed by atoms with van der Waals surface area (Å²) in [6, 6.07) is 0. The Morgan fingerprint density at radius 1 is 1.21 bits per heavy atom. The smallest absolute Gasteiger partial charge is 0.297 e. The first-order valence-corrected chi connectivity index (χ1v) is 4.36. The topological polar surface area (TPSA) is 78.7 Å². The van der Waals surface area contributed by atoms with E-state index in [1.807, 2.05) is 0 Å². The van der Waals surface area contributed by atoms with Gasteiger partial charge in [-0.15, -0.1) is 0 Å². The van der Waals surface area contributed by atoms with Gasteiger partial charge in [0.15, 0.2) is 11.2 Å². The molecule has 0 saturated carbocycles. The van der Waals surface area contributed by atoms with E-state index < -0.39 is 5.56 Å². The van der Waals surface area contributed by atoms with Crippen LogP contribution >= 0.6 is 35.2 Å². The molecule has 0 radical (unpaired) electrons. The number of hydrogen-bond donors (Lipinski definition) is 1. The molecule has 0 amide bonds. The molecule has 2 N–H and O–H groups in total. The second-order valence-corrected chi connectivity index (χ2v) is 3.40. The van der Waals surface area contributed by atoms with E-state index in [-0.39, 0.29) is 22.4 Å². The SMILES string of the molecule is Nc1nc2nc(Cl)n(Cl)c2c(=O)n1Cl. The van der Waals surface area contributed by atoms with E-state index in [0.29, 0.717) is 4.09 Å². The molecule has 0 aliphatic rings. The Balaban J connectivity index is 3.07. The molecule has 0 aliphatic heterocycles. The molecule has 74 valence electrons. The van der Waals surface area contributed by atoms with Crippen molar-refractivity contribution in [3.05, 3.63) is 15.6 Å². The highest BCUT2D eigenvalue weighted by Crippen LogP contribution is 2.17. The molecule has 0 saturated heterocycles. The first-order valence-electron chi connectivity index (χ1n) is 3.31. The van der Waals surface area contributed by atoms with Crippen LogP contribution in [0.2, 0.25) is 5.28 Å². The Kier molecular flexibility index (Phi) is 2.06. The van der Waals surface area contributed by atoms with E-state index in [9.17, 15) is 4.79 Å². The summed E-state index contributed by atoms with van der Waals surface area (Å²) in [5, 5.41) is -0.0754. The molecule has 0 atom stereocenters. The summed E-state index contributed by atoms with van der Waals surface area (Å²) < 4.78 is 1.50. The summed E-state index contributed by atoms with van der Waals surface area (Å²) in [6.45, 7) is 0. The molecule has 6 nitrogen and oxygen atoms in total. The molecule has 2 rings (SSSR count). The van der Waals surface area contributed by atoms with Crippen LogP contribution in [-0.4, -0.2) is 18.1 Å². The quantitative estimate of drug-likeness (QED) is 0.706. The van der Waals surface area contributed by atoms with Gasteiger partial charge in [0.25, 0.3) is 5.56 Å². The van der Waals surface area contributed by atoms with Crippen LogP contribution in [-0.2, 0) is 0 Å². The van der Waals surface area contributed by atoms with Gasteiger partial charge in [-0.1, -0.05) is 0 Å². The monoisotopic (exact) mass is 253 g/mol. The summed E-state index contributed by atoms with van der Waals surface area (Å²) >= 11 is 16.7. The molecule has 2 heterocycles. The summed E-state index contributed by atoms with van der Waals surface area (Å²) in [4.78, 5) is 18.9. The minimum atomic E-state index is -0.622. The molecule has 2 aromatic rings. The van der Waals surface area contributed by atoms with Crippen LogP contribution in [0, 0.1) is 0 Å². The van der Waals surface area contributed by atoms with E-state index in [0.717, 1.165) is 4.09 Å². The number of nitrogen functional groups attached to an aromatic ring is 1. The van der Waals surface area contributed by atoms with E-state index in [1.165, 1.54) is 0 Å². The Labute approximate surface area is 92.0 Å². The van der Waals surface area contributed by atoms with Crippen LogP contribution in [0.15, 0.2) is 4.79 Å². The molecule has 0 fully saturated rings. The van der Waals surface area contributed by atoms with Gasteiger partial charge in [0.2, 0.25) is 11.2 Å². The third-order valence-corrected chi connectivity index (χ3v) is 2.57. The molecular formula is C5H2Cl3N5O. The lowest BCUT2D eigenvalue weighted by Crippen LogP contribution is -2.18. The highest BCUT2D eigenvalue weighted by Gasteiger charge is 2.15. The fourth-order valence-corrected chi connectivity index (χ4v) is 1.44. The van der Waals surface area contributed by atoms with Gasteiger partial charge >= 0.3 is 0 Å². The zero-order valence-electron chi connectivity index (χ0n) is 6.41. The van der Waals surface area contributed by atoms with Crippen molar-refractivity contribution in [2.24, 2.45) is 0 Å². The minimum absolute atomic E-state index is 0.0131. The van der Waals surface area contributed by atoms with E-state index in [2.05, 4.69) is 9.97 Å². The van der Waals surface area contributed by atoms with Crippen LogP contribution in [0.1, 0.15) is 0 Å². The first kappa shape index (κ1) is 9.57. The van der Waals surface area contributed by atoms with Crippen LogP contribution in [0.5, 0.6) is 0 Å². The maximum Gasteiger partial charge on any atom is 0.297 e. The lowest BCUT2D eigenvalue weighted by molar-refractivity contribution is 1.09. The van der Waals surface area contributed by atoms with E-state index in [4.69, 9.17) is 40.9 Å². The van der Waals surface area contributed by atoms with Crippen molar-refractivity contribution in [1.29, 1.82) is 0 Å². The molecule has 0 aliphatic carbocycles. The summed E-state index contributed by atoms with van der Waals surface area (Å²) in [7, 11) is 0. The first-order chi connectivity index (χ1) is 6.52. The van der Waals surface area contributed by atoms with Gasteiger partial charge in [-0.05, 0) is 11.6 Å². The number of imidazole rings is 1. The Hall–Kier alpha value is -0.980. The second kappa shape index (κ2) is 3.01. The van der Waals surface area contributed by atoms with Gasteiger partial charge in [0, 0.05) is 23.6 Å². The fourth-order valence-electron chi connectivity index (χ4n) is 0.971. The molecule has 0 bridgehead atoms. The van der Waals surface area contributed by atoms with Crippen LogP contribution in [0.25, 0.3) is 11.2 Å². The molecule has 0 spiro atoms. The minimum Gasteiger partial charge on any atom is -0.368 e. The molecular weight excluding hydrogens is 252 g/mol. The number of aromatic nitrogens is 4. The average molecular weight is 254 g/mol. The number of halogens is 3.